The number of fused-ring (bicyclic) bond motifs is 1. The molecule has 1 aromatic carbocycles. The zero-order chi connectivity index (χ0) is 8.55. The average Bonchev–Trinajstić information content (AvgIpc) is 2.48. The second-order valence-corrected chi connectivity index (χ2v) is 3.09. The van der Waals surface area contributed by atoms with Crippen molar-refractivity contribution in [3.05, 3.63) is 35.0 Å². The number of H-pyrrole nitrogens is 1. The second kappa shape index (κ2) is 4.01. The fourth-order valence-corrected chi connectivity index (χ4v) is 1.57. The van der Waals surface area contributed by atoms with E-state index < -0.39 is 0 Å². The van der Waals surface area contributed by atoms with Gasteiger partial charge in [0.1, 0.15) is 0 Å². The number of aromatic nitrogens is 1. The summed E-state index contributed by atoms with van der Waals surface area (Å²) < 4.78 is 0. The van der Waals surface area contributed by atoms with E-state index in [0.717, 1.165) is 21.5 Å². The number of nitrogens with two attached hydrogens (primary N) is 1. The minimum Gasteiger partial charge on any atom is -0.359 e. The number of para-hydroxylation sites is 1. The Kier molecular flexibility index (Phi) is 3.20. The highest BCUT2D eigenvalue weighted by Crippen LogP contribution is 2.24. The van der Waals surface area contributed by atoms with Gasteiger partial charge < -0.3 is 10.7 Å². The van der Waals surface area contributed by atoms with Gasteiger partial charge in [-0.15, -0.1) is 12.4 Å². The van der Waals surface area contributed by atoms with E-state index in [0.29, 0.717) is 6.54 Å². The standard InChI is InChI=1S/C9H9ClN2.ClH/c10-8-5-12-9-6(4-11)2-1-3-7(8)9;/h1-3,5,12H,4,11H2;1H. The van der Waals surface area contributed by atoms with Crippen LogP contribution in [0.15, 0.2) is 24.4 Å². The van der Waals surface area contributed by atoms with Crippen molar-refractivity contribution >= 4 is 34.9 Å². The van der Waals surface area contributed by atoms with Crippen molar-refractivity contribution in [2.45, 2.75) is 6.54 Å². The summed E-state index contributed by atoms with van der Waals surface area (Å²) in [6.45, 7) is 0.536. The van der Waals surface area contributed by atoms with Crippen molar-refractivity contribution < 1.29 is 0 Å². The summed E-state index contributed by atoms with van der Waals surface area (Å²) in [5, 5.41) is 1.79. The lowest BCUT2D eigenvalue weighted by Crippen LogP contribution is -1.96. The maximum atomic E-state index is 5.93. The molecule has 0 radical (unpaired) electrons. The Morgan fingerprint density at radius 3 is 2.85 bits per heavy atom. The van der Waals surface area contributed by atoms with Gasteiger partial charge >= 0.3 is 0 Å². The van der Waals surface area contributed by atoms with Gasteiger partial charge in [-0.1, -0.05) is 29.8 Å². The molecule has 4 heteroatoms. The number of hydrogen-bond acceptors (Lipinski definition) is 1. The first-order valence-corrected chi connectivity index (χ1v) is 4.15. The van der Waals surface area contributed by atoms with Gasteiger partial charge in [-0.2, -0.15) is 0 Å². The van der Waals surface area contributed by atoms with Crippen molar-refractivity contribution in [3.63, 3.8) is 0 Å². The van der Waals surface area contributed by atoms with Crippen LogP contribution in [0.25, 0.3) is 10.9 Å². The molecule has 3 N–H and O–H groups in total. The monoisotopic (exact) mass is 216 g/mol. The van der Waals surface area contributed by atoms with E-state index >= 15 is 0 Å². The summed E-state index contributed by atoms with van der Waals surface area (Å²) in [5.41, 5.74) is 7.71. The van der Waals surface area contributed by atoms with Crippen LogP contribution in [0.1, 0.15) is 5.56 Å². The first-order chi connectivity index (χ1) is 5.83. The Labute approximate surface area is 87.5 Å². The topological polar surface area (TPSA) is 41.8 Å². The molecule has 0 spiro atoms. The first kappa shape index (κ1) is 10.4. The Balaban J connectivity index is 0.000000845. The molecule has 1 heterocycles. The molecule has 70 valence electrons. The van der Waals surface area contributed by atoms with Crippen LogP contribution in [-0.4, -0.2) is 4.98 Å². The van der Waals surface area contributed by atoms with Gasteiger partial charge in [0.2, 0.25) is 0 Å². The number of halogens is 2. The fraction of sp³-hybridized carbons (Fsp3) is 0.111. The third-order valence-electron chi connectivity index (χ3n) is 1.97. The minimum absolute atomic E-state index is 0. The van der Waals surface area contributed by atoms with Crippen LogP contribution < -0.4 is 5.73 Å². The third kappa shape index (κ3) is 1.66. The largest absolute Gasteiger partial charge is 0.359 e. The van der Waals surface area contributed by atoms with Crippen LogP contribution in [0.3, 0.4) is 0 Å². The Bertz CT molecular complexity index is 409. The first-order valence-electron chi connectivity index (χ1n) is 3.77. The molecule has 0 saturated carbocycles. The number of nitrogens with one attached hydrogen (secondary N) is 1. The molecule has 0 bridgehead atoms. The van der Waals surface area contributed by atoms with Gasteiger partial charge in [0.25, 0.3) is 0 Å². The van der Waals surface area contributed by atoms with Crippen molar-refractivity contribution in [2.24, 2.45) is 5.73 Å². The molecule has 0 unspecified atom stereocenters. The molecule has 0 saturated heterocycles. The molecule has 0 aliphatic rings. The normalized spacial score (nSPS) is 10.0. The molecular formula is C9H10Cl2N2. The highest BCUT2D eigenvalue weighted by atomic mass is 35.5. The van der Waals surface area contributed by atoms with Crippen LogP contribution in [0.5, 0.6) is 0 Å². The molecule has 0 aliphatic heterocycles. The number of rotatable bonds is 1. The van der Waals surface area contributed by atoms with E-state index in [1.165, 1.54) is 0 Å². The predicted molar refractivity (Wildman–Crippen MR) is 58.4 cm³/mol. The number of aromatic amines is 1. The average molecular weight is 217 g/mol. The Morgan fingerprint density at radius 2 is 2.15 bits per heavy atom. The zero-order valence-electron chi connectivity index (χ0n) is 6.88. The smallest absolute Gasteiger partial charge is 0.0659 e. The van der Waals surface area contributed by atoms with Gasteiger partial charge in [0.15, 0.2) is 0 Å². The second-order valence-electron chi connectivity index (χ2n) is 2.68. The van der Waals surface area contributed by atoms with E-state index in [4.69, 9.17) is 17.3 Å². The van der Waals surface area contributed by atoms with Crippen LogP contribution in [0, 0.1) is 0 Å². The lowest BCUT2D eigenvalue weighted by molar-refractivity contribution is 1.08. The van der Waals surface area contributed by atoms with Crippen LogP contribution in [0.4, 0.5) is 0 Å². The van der Waals surface area contributed by atoms with E-state index in [2.05, 4.69) is 4.98 Å². The van der Waals surface area contributed by atoms with Crippen LogP contribution in [-0.2, 0) is 6.54 Å². The fourth-order valence-electron chi connectivity index (χ4n) is 1.35. The number of benzene rings is 1. The third-order valence-corrected chi connectivity index (χ3v) is 2.28. The molecule has 0 amide bonds. The van der Waals surface area contributed by atoms with Gasteiger partial charge in [-0.25, -0.2) is 0 Å². The van der Waals surface area contributed by atoms with E-state index in [9.17, 15) is 0 Å². The Morgan fingerprint density at radius 1 is 1.38 bits per heavy atom. The summed E-state index contributed by atoms with van der Waals surface area (Å²) in [6.07, 6.45) is 1.78. The van der Waals surface area contributed by atoms with E-state index in [1.54, 1.807) is 6.20 Å². The molecular weight excluding hydrogens is 207 g/mol. The Hall–Kier alpha value is -0.700. The van der Waals surface area contributed by atoms with Crippen LogP contribution >= 0.6 is 24.0 Å². The zero-order valence-corrected chi connectivity index (χ0v) is 8.45. The molecule has 2 nitrogen and oxygen atoms in total. The lowest BCUT2D eigenvalue weighted by Gasteiger charge is -1.97. The molecule has 2 aromatic rings. The van der Waals surface area contributed by atoms with Crippen molar-refractivity contribution in [1.29, 1.82) is 0 Å². The van der Waals surface area contributed by atoms with Gasteiger partial charge in [0.05, 0.1) is 10.5 Å². The molecule has 13 heavy (non-hydrogen) atoms. The van der Waals surface area contributed by atoms with Gasteiger partial charge in [-0.3, -0.25) is 0 Å². The maximum absolute atomic E-state index is 5.93. The molecule has 0 fully saturated rings. The molecule has 0 aliphatic carbocycles. The lowest BCUT2D eigenvalue weighted by atomic mass is 10.1. The van der Waals surface area contributed by atoms with Crippen molar-refractivity contribution in [1.82, 2.24) is 4.98 Å². The SMILES string of the molecule is Cl.NCc1cccc2c(Cl)c[nH]c12. The van der Waals surface area contributed by atoms with Crippen molar-refractivity contribution in [2.75, 3.05) is 0 Å². The molecule has 1 aromatic heterocycles. The van der Waals surface area contributed by atoms with Crippen LogP contribution in [0.2, 0.25) is 5.02 Å². The quantitative estimate of drug-likeness (QED) is 0.757. The minimum atomic E-state index is 0. The highest BCUT2D eigenvalue weighted by Gasteiger charge is 2.03. The van der Waals surface area contributed by atoms with Gasteiger partial charge in [-0.05, 0) is 5.56 Å². The van der Waals surface area contributed by atoms with E-state index in [-0.39, 0.29) is 12.4 Å². The summed E-state index contributed by atoms with van der Waals surface area (Å²) in [5.74, 6) is 0. The van der Waals surface area contributed by atoms with Crippen molar-refractivity contribution in [3.8, 4) is 0 Å². The number of hydrogen-bond donors (Lipinski definition) is 2. The van der Waals surface area contributed by atoms with E-state index in [1.807, 2.05) is 18.2 Å². The highest BCUT2D eigenvalue weighted by molar-refractivity contribution is 6.35. The molecule has 0 atom stereocenters. The summed E-state index contributed by atoms with van der Waals surface area (Å²) in [7, 11) is 0. The maximum Gasteiger partial charge on any atom is 0.0659 e. The summed E-state index contributed by atoms with van der Waals surface area (Å²) in [6, 6.07) is 5.94. The molecule has 2 rings (SSSR count). The predicted octanol–water partition coefficient (Wildman–Crippen LogP) is 2.70. The summed E-state index contributed by atoms with van der Waals surface area (Å²) >= 11 is 5.93. The summed E-state index contributed by atoms with van der Waals surface area (Å²) in [4.78, 5) is 3.10. The van der Waals surface area contributed by atoms with Gasteiger partial charge in [0, 0.05) is 18.1 Å².